The molecule has 0 saturated heterocycles. The van der Waals surface area contributed by atoms with Gasteiger partial charge in [0.05, 0.1) is 18.5 Å². The predicted octanol–water partition coefficient (Wildman–Crippen LogP) is 2.51. The van der Waals surface area contributed by atoms with E-state index in [2.05, 4.69) is 18.9 Å². The van der Waals surface area contributed by atoms with Gasteiger partial charge in [-0.15, -0.1) is 0 Å². The summed E-state index contributed by atoms with van der Waals surface area (Å²) in [6.07, 6.45) is 2.69. The van der Waals surface area contributed by atoms with Crippen molar-refractivity contribution in [1.82, 2.24) is 0 Å². The molecule has 0 heterocycles. The molecule has 1 aliphatic carbocycles. The molecule has 1 aliphatic rings. The average molecular weight is 220 g/mol. The smallest absolute Gasteiger partial charge is 0.121 e. The number of hydrogen-bond donors (Lipinski definition) is 1. The van der Waals surface area contributed by atoms with Gasteiger partial charge in [0.1, 0.15) is 5.75 Å². The van der Waals surface area contributed by atoms with Gasteiger partial charge in [0.15, 0.2) is 0 Å². The number of rotatable bonds is 4. The molecule has 3 heteroatoms. The summed E-state index contributed by atoms with van der Waals surface area (Å²) in [6.45, 7) is 2.26. The van der Waals surface area contributed by atoms with Crippen LogP contribution in [0.4, 0.5) is 11.4 Å². The number of ether oxygens (including phenoxy) is 1. The highest BCUT2D eigenvalue weighted by molar-refractivity contribution is 5.69. The maximum absolute atomic E-state index is 6.01. The van der Waals surface area contributed by atoms with Gasteiger partial charge in [0.2, 0.25) is 0 Å². The van der Waals surface area contributed by atoms with E-state index in [1.54, 1.807) is 7.11 Å². The molecule has 16 heavy (non-hydrogen) atoms. The van der Waals surface area contributed by atoms with E-state index < -0.39 is 0 Å². The number of anilines is 2. The Labute approximate surface area is 97.2 Å². The van der Waals surface area contributed by atoms with E-state index in [1.165, 1.54) is 12.8 Å². The molecule has 0 amide bonds. The lowest BCUT2D eigenvalue weighted by molar-refractivity contribution is 0.414. The van der Waals surface area contributed by atoms with Gasteiger partial charge in [-0.3, -0.25) is 0 Å². The van der Waals surface area contributed by atoms with Gasteiger partial charge in [0, 0.05) is 19.2 Å². The zero-order valence-corrected chi connectivity index (χ0v) is 10.2. The van der Waals surface area contributed by atoms with E-state index in [0.717, 1.165) is 23.0 Å². The van der Waals surface area contributed by atoms with Crippen molar-refractivity contribution in [3.8, 4) is 5.75 Å². The first-order valence-electron chi connectivity index (χ1n) is 5.80. The summed E-state index contributed by atoms with van der Waals surface area (Å²) in [5, 5.41) is 0. The average Bonchev–Trinajstić information content (AvgIpc) is 3.12. The molecular formula is C13H20N2O. The highest BCUT2D eigenvalue weighted by Gasteiger charge is 2.31. The van der Waals surface area contributed by atoms with E-state index in [-0.39, 0.29) is 0 Å². The third-order valence-corrected chi connectivity index (χ3v) is 3.53. The number of nitrogens with zero attached hydrogens (tertiary/aromatic N) is 1. The van der Waals surface area contributed by atoms with Crippen molar-refractivity contribution >= 4 is 11.4 Å². The van der Waals surface area contributed by atoms with Gasteiger partial charge in [-0.25, -0.2) is 0 Å². The molecular weight excluding hydrogens is 200 g/mol. The fourth-order valence-corrected chi connectivity index (χ4v) is 2.07. The van der Waals surface area contributed by atoms with Crippen molar-refractivity contribution in [2.24, 2.45) is 5.92 Å². The molecule has 88 valence electrons. The second kappa shape index (κ2) is 4.24. The van der Waals surface area contributed by atoms with E-state index in [4.69, 9.17) is 10.5 Å². The van der Waals surface area contributed by atoms with Crippen LogP contribution in [0.15, 0.2) is 18.2 Å². The number of benzene rings is 1. The Hall–Kier alpha value is -1.38. The Morgan fingerprint density at radius 3 is 2.69 bits per heavy atom. The third-order valence-electron chi connectivity index (χ3n) is 3.53. The minimum Gasteiger partial charge on any atom is -0.497 e. The lowest BCUT2D eigenvalue weighted by Gasteiger charge is -2.28. The second-order valence-electron chi connectivity index (χ2n) is 4.61. The van der Waals surface area contributed by atoms with Gasteiger partial charge < -0.3 is 15.4 Å². The van der Waals surface area contributed by atoms with E-state index >= 15 is 0 Å². The van der Waals surface area contributed by atoms with Crippen molar-refractivity contribution in [1.29, 1.82) is 0 Å². The topological polar surface area (TPSA) is 38.5 Å². The van der Waals surface area contributed by atoms with E-state index in [0.29, 0.717) is 6.04 Å². The first-order valence-corrected chi connectivity index (χ1v) is 5.80. The molecule has 3 nitrogen and oxygen atoms in total. The maximum Gasteiger partial charge on any atom is 0.121 e. The Morgan fingerprint density at radius 2 is 2.12 bits per heavy atom. The van der Waals surface area contributed by atoms with Gasteiger partial charge in [-0.05, 0) is 37.8 Å². The summed E-state index contributed by atoms with van der Waals surface area (Å²) >= 11 is 0. The molecule has 0 aliphatic heterocycles. The molecule has 2 N–H and O–H groups in total. The minimum absolute atomic E-state index is 0.550. The molecule has 1 aromatic rings. The van der Waals surface area contributed by atoms with Crippen LogP contribution in [0.1, 0.15) is 19.8 Å². The second-order valence-corrected chi connectivity index (χ2v) is 4.61. The van der Waals surface area contributed by atoms with Crippen molar-refractivity contribution < 1.29 is 4.74 Å². The zero-order valence-electron chi connectivity index (χ0n) is 10.2. The van der Waals surface area contributed by atoms with Gasteiger partial charge >= 0.3 is 0 Å². The fraction of sp³-hybridized carbons (Fsp3) is 0.538. The zero-order chi connectivity index (χ0) is 11.7. The number of hydrogen-bond acceptors (Lipinski definition) is 3. The van der Waals surface area contributed by atoms with Crippen LogP contribution < -0.4 is 15.4 Å². The summed E-state index contributed by atoms with van der Waals surface area (Å²) in [5.41, 5.74) is 7.89. The van der Waals surface area contributed by atoms with Crippen LogP contribution in [0.5, 0.6) is 5.75 Å². The number of nitrogen functional groups attached to an aromatic ring is 1. The first-order chi connectivity index (χ1) is 7.63. The van der Waals surface area contributed by atoms with Crippen LogP contribution >= 0.6 is 0 Å². The normalized spacial score (nSPS) is 16.9. The van der Waals surface area contributed by atoms with Crippen LogP contribution in [0.2, 0.25) is 0 Å². The van der Waals surface area contributed by atoms with Crippen LogP contribution in [0.25, 0.3) is 0 Å². The molecule has 1 saturated carbocycles. The van der Waals surface area contributed by atoms with Crippen molar-refractivity contribution in [3.63, 3.8) is 0 Å². The third kappa shape index (κ3) is 2.08. The van der Waals surface area contributed by atoms with Crippen LogP contribution in [0.3, 0.4) is 0 Å². The summed E-state index contributed by atoms with van der Waals surface area (Å²) in [5.74, 6) is 1.69. The fourth-order valence-electron chi connectivity index (χ4n) is 2.07. The summed E-state index contributed by atoms with van der Waals surface area (Å²) in [6, 6.07) is 6.36. The lowest BCUT2D eigenvalue weighted by Crippen LogP contribution is -2.31. The summed E-state index contributed by atoms with van der Waals surface area (Å²) in [7, 11) is 3.79. The first kappa shape index (κ1) is 11.1. The molecule has 0 aromatic heterocycles. The lowest BCUT2D eigenvalue weighted by atomic mass is 10.1. The highest BCUT2D eigenvalue weighted by atomic mass is 16.5. The van der Waals surface area contributed by atoms with Gasteiger partial charge in [0.25, 0.3) is 0 Å². The molecule has 2 rings (SSSR count). The van der Waals surface area contributed by atoms with Crippen LogP contribution in [-0.4, -0.2) is 20.2 Å². The minimum atomic E-state index is 0.550. The Balaban J connectivity index is 2.23. The number of methoxy groups -OCH3 is 1. The molecule has 0 bridgehead atoms. The standard InChI is InChI=1S/C13H20N2O/c1-9(10-4-5-10)15(2)13-8-11(16-3)6-7-12(13)14/h6-10H,4-5,14H2,1-3H3. The summed E-state index contributed by atoms with van der Waals surface area (Å²) in [4.78, 5) is 2.26. The van der Waals surface area contributed by atoms with Gasteiger partial charge in [-0.2, -0.15) is 0 Å². The monoisotopic (exact) mass is 220 g/mol. The van der Waals surface area contributed by atoms with E-state index in [1.807, 2.05) is 18.2 Å². The quantitative estimate of drug-likeness (QED) is 0.792. The SMILES string of the molecule is COc1ccc(N)c(N(C)C(C)C2CC2)c1. The Kier molecular flexibility index (Phi) is 2.95. The van der Waals surface area contributed by atoms with Crippen molar-refractivity contribution in [2.75, 3.05) is 24.8 Å². The Morgan fingerprint density at radius 1 is 1.44 bits per heavy atom. The van der Waals surface area contributed by atoms with Crippen LogP contribution in [0, 0.1) is 5.92 Å². The van der Waals surface area contributed by atoms with Crippen LogP contribution in [-0.2, 0) is 0 Å². The van der Waals surface area contributed by atoms with Gasteiger partial charge in [-0.1, -0.05) is 0 Å². The molecule has 0 radical (unpaired) electrons. The van der Waals surface area contributed by atoms with Crippen molar-refractivity contribution in [3.05, 3.63) is 18.2 Å². The number of nitrogens with two attached hydrogens (primary N) is 1. The Bertz CT molecular complexity index is 374. The predicted molar refractivity (Wildman–Crippen MR) is 68.0 cm³/mol. The van der Waals surface area contributed by atoms with Crippen molar-refractivity contribution in [2.45, 2.75) is 25.8 Å². The molecule has 1 fully saturated rings. The molecule has 0 spiro atoms. The molecule has 1 atom stereocenters. The summed E-state index contributed by atoms with van der Waals surface area (Å²) < 4.78 is 5.23. The van der Waals surface area contributed by atoms with E-state index in [9.17, 15) is 0 Å². The molecule has 1 unspecified atom stereocenters. The molecule has 1 aromatic carbocycles. The maximum atomic E-state index is 6.01. The largest absolute Gasteiger partial charge is 0.497 e. The highest BCUT2D eigenvalue weighted by Crippen LogP contribution is 2.38.